The fourth-order valence-electron chi connectivity index (χ4n) is 1.87. The number of benzene rings is 1. The summed E-state index contributed by atoms with van der Waals surface area (Å²) in [7, 11) is 0. The molecule has 0 aliphatic heterocycles. The maximum atomic E-state index is 12.3. The van der Waals surface area contributed by atoms with Crippen LogP contribution in [0.5, 0.6) is 5.75 Å². The van der Waals surface area contributed by atoms with E-state index >= 15 is 0 Å². The smallest absolute Gasteiger partial charge is 0.277 e. The minimum Gasteiger partial charge on any atom is -0.490 e. The normalized spacial score (nSPS) is 10.0. The Kier molecular flexibility index (Phi) is 5.00. The van der Waals surface area contributed by atoms with Gasteiger partial charge in [-0.1, -0.05) is 0 Å². The standard InChI is InChI=1S/C14H12N4O6/c1-2-24-12-4-3-5-15-13(12)16-14(19)9-6-10(17(20)21)8-11(7-9)18(22)23/h3-8H,2H2,1H3,(H,15,16,19). The fraction of sp³-hybridized carbons (Fsp3) is 0.143. The van der Waals surface area contributed by atoms with E-state index in [0.29, 0.717) is 12.4 Å². The molecule has 0 unspecified atom stereocenters. The second-order valence-corrected chi connectivity index (χ2v) is 4.49. The average Bonchev–Trinajstić information content (AvgIpc) is 2.56. The first-order valence-electron chi connectivity index (χ1n) is 6.75. The van der Waals surface area contributed by atoms with Gasteiger partial charge in [0.25, 0.3) is 17.3 Å². The third-order valence-corrected chi connectivity index (χ3v) is 2.89. The van der Waals surface area contributed by atoms with Gasteiger partial charge < -0.3 is 10.1 Å². The number of nitro benzene ring substituents is 2. The zero-order chi connectivity index (χ0) is 17.7. The van der Waals surface area contributed by atoms with Gasteiger partial charge in [-0.15, -0.1) is 0 Å². The van der Waals surface area contributed by atoms with Crippen molar-refractivity contribution in [3.05, 3.63) is 62.3 Å². The van der Waals surface area contributed by atoms with Crippen LogP contribution in [-0.4, -0.2) is 27.3 Å². The van der Waals surface area contributed by atoms with Crippen LogP contribution in [0.15, 0.2) is 36.5 Å². The Hall–Kier alpha value is -3.56. The highest BCUT2D eigenvalue weighted by Gasteiger charge is 2.20. The van der Waals surface area contributed by atoms with Crippen LogP contribution >= 0.6 is 0 Å². The number of pyridine rings is 1. The molecule has 0 fully saturated rings. The number of aromatic nitrogens is 1. The summed E-state index contributed by atoms with van der Waals surface area (Å²) in [6, 6.07) is 5.88. The van der Waals surface area contributed by atoms with Gasteiger partial charge in [-0.2, -0.15) is 0 Å². The van der Waals surface area contributed by atoms with Crippen LogP contribution in [0.1, 0.15) is 17.3 Å². The van der Waals surface area contributed by atoms with Crippen LogP contribution in [0.4, 0.5) is 17.2 Å². The zero-order valence-corrected chi connectivity index (χ0v) is 12.5. The molecule has 24 heavy (non-hydrogen) atoms. The van der Waals surface area contributed by atoms with E-state index in [1.807, 2.05) is 0 Å². The van der Waals surface area contributed by atoms with Crippen molar-refractivity contribution in [3.8, 4) is 5.75 Å². The second kappa shape index (κ2) is 7.13. The Morgan fingerprint density at radius 3 is 2.38 bits per heavy atom. The van der Waals surface area contributed by atoms with Gasteiger partial charge in [0.1, 0.15) is 0 Å². The van der Waals surface area contributed by atoms with Crippen LogP contribution < -0.4 is 10.1 Å². The average molecular weight is 332 g/mol. The highest BCUT2D eigenvalue weighted by Crippen LogP contribution is 2.25. The summed E-state index contributed by atoms with van der Waals surface area (Å²) in [5, 5.41) is 24.2. The highest BCUT2D eigenvalue weighted by molar-refractivity contribution is 6.05. The van der Waals surface area contributed by atoms with Crippen LogP contribution in [-0.2, 0) is 0 Å². The molecule has 1 aromatic heterocycles. The molecule has 1 N–H and O–H groups in total. The van der Waals surface area contributed by atoms with Crippen molar-refractivity contribution in [1.29, 1.82) is 0 Å². The number of nitro groups is 2. The molecule has 1 heterocycles. The molecule has 10 nitrogen and oxygen atoms in total. The molecule has 0 spiro atoms. The Morgan fingerprint density at radius 2 is 1.83 bits per heavy atom. The van der Waals surface area contributed by atoms with E-state index in [9.17, 15) is 25.0 Å². The summed E-state index contributed by atoms with van der Waals surface area (Å²) in [6.07, 6.45) is 1.42. The van der Waals surface area contributed by atoms with E-state index in [1.165, 1.54) is 6.20 Å². The molecule has 0 radical (unpaired) electrons. The van der Waals surface area contributed by atoms with E-state index in [2.05, 4.69) is 10.3 Å². The van der Waals surface area contributed by atoms with E-state index in [4.69, 9.17) is 4.74 Å². The molecular formula is C14H12N4O6. The minimum absolute atomic E-state index is 0.110. The molecule has 0 aliphatic carbocycles. The van der Waals surface area contributed by atoms with E-state index < -0.39 is 27.1 Å². The fourth-order valence-corrected chi connectivity index (χ4v) is 1.87. The minimum atomic E-state index is -0.809. The molecule has 0 bridgehead atoms. The maximum absolute atomic E-state index is 12.3. The van der Waals surface area contributed by atoms with Gasteiger partial charge >= 0.3 is 0 Å². The number of nitrogens with one attached hydrogen (secondary N) is 1. The van der Waals surface area contributed by atoms with Gasteiger partial charge in [0.15, 0.2) is 11.6 Å². The van der Waals surface area contributed by atoms with Crippen molar-refractivity contribution in [2.75, 3.05) is 11.9 Å². The van der Waals surface area contributed by atoms with Gasteiger partial charge in [-0.25, -0.2) is 4.98 Å². The van der Waals surface area contributed by atoms with Gasteiger partial charge in [0.2, 0.25) is 0 Å². The Balaban J connectivity index is 2.36. The van der Waals surface area contributed by atoms with Crippen molar-refractivity contribution in [2.45, 2.75) is 6.92 Å². The van der Waals surface area contributed by atoms with Crippen molar-refractivity contribution >= 4 is 23.1 Å². The zero-order valence-electron chi connectivity index (χ0n) is 12.5. The Morgan fingerprint density at radius 1 is 1.21 bits per heavy atom. The summed E-state index contributed by atoms with van der Waals surface area (Å²) in [6.45, 7) is 2.10. The number of rotatable bonds is 6. The summed E-state index contributed by atoms with van der Waals surface area (Å²) in [5.41, 5.74) is -1.34. The quantitative estimate of drug-likeness (QED) is 0.633. The van der Waals surface area contributed by atoms with Crippen molar-refractivity contribution < 1.29 is 19.4 Å². The molecule has 0 saturated heterocycles. The summed E-state index contributed by atoms with van der Waals surface area (Å²) in [4.78, 5) is 36.3. The highest BCUT2D eigenvalue weighted by atomic mass is 16.6. The van der Waals surface area contributed by atoms with Gasteiger partial charge in [0.05, 0.1) is 28.1 Å². The third kappa shape index (κ3) is 3.80. The number of ether oxygens (including phenoxy) is 1. The lowest BCUT2D eigenvalue weighted by Gasteiger charge is -2.10. The molecule has 1 amide bonds. The van der Waals surface area contributed by atoms with E-state index in [1.54, 1.807) is 19.1 Å². The first kappa shape index (κ1) is 16.8. The molecule has 1 aromatic carbocycles. The Labute approximate surface area is 135 Å². The predicted molar refractivity (Wildman–Crippen MR) is 83.1 cm³/mol. The number of hydrogen-bond donors (Lipinski definition) is 1. The van der Waals surface area contributed by atoms with Gasteiger partial charge in [0, 0.05) is 18.3 Å². The van der Waals surface area contributed by atoms with Crippen LogP contribution in [0.3, 0.4) is 0 Å². The first-order valence-corrected chi connectivity index (χ1v) is 6.75. The largest absolute Gasteiger partial charge is 0.490 e. The third-order valence-electron chi connectivity index (χ3n) is 2.89. The number of carbonyl (C=O) groups is 1. The number of nitrogens with zero attached hydrogens (tertiary/aromatic N) is 3. The maximum Gasteiger partial charge on any atom is 0.277 e. The van der Waals surface area contributed by atoms with Gasteiger partial charge in [-0.3, -0.25) is 25.0 Å². The lowest BCUT2D eigenvalue weighted by Crippen LogP contribution is -2.14. The van der Waals surface area contributed by atoms with Crippen molar-refractivity contribution in [2.24, 2.45) is 0 Å². The first-order chi connectivity index (χ1) is 11.4. The molecule has 0 saturated carbocycles. The number of anilines is 1. The van der Waals surface area contributed by atoms with Crippen LogP contribution in [0.25, 0.3) is 0 Å². The number of hydrogen-bond acceptors (Lipinski definition) is 7. The summed E-state index contributed by atoms with van der Waals surface area (Å²) >= 11 is 0. The number of carbonyl (C=O) groups excluding carboxylic acids is 1. The lowest BCUT2D eigenvalue weighted by molar-refractivity contribution is -0.394. The van der Waals surface area contributed by atoms with Crippen molar-refractivity contribution in [1.82, 2.24) is 4.98 Å². The molecule has 10 heteroatoms. The SMILES string of the molecule is CCOc1cccnc1NC(=O)c1cc([N+](=O)[O-])cc([N+](=O)[O-])c1. The predicted octanol–water partition coefficient (Wildman–Crippen LogP) is 2.55. The Bertz CT molecular complexity index is 775. The molecule has 2 rings (SSSR count). The number of amides is 1. The van der Waals surface area contributed by atoms with Crippen molar-refractivity contribution in [3.63, 3.8) is 0 Å². The topological polar surface area (TPSA) is 138 Å². The molecule has 0 aliphatic rings. The van der Waals surface area contributed by atoms with E-state index in [0.717, 1.165) is 18.2 Å². The molecular weight excluding hydrogens is 320 g/mol. The van der Waals surface area contributed by atoms with E-state index in [-0.39, 0.29) is 11.4 Å². The number of non-ortho nitro benzene ring substituents is 2. The summed E-state index contributed by atoms with van der Waals surface area (Å²) in [5.74, 6) is -0.353. The molecule has 124 valence electrons. The van der Waals surface area contributed by atoms with Crippen LogP contribution in [0, 0.1) is 20.2 Å². The monoisotopic (exact) mass is 332 g/mol. The summed E-state index contributed by atoms with van der Waals surface area (Å²) < 4.78 is 5.30. The van der Waals surface area contributed by atoms with Gasteiger partial charge in [-0.05, 0) is 19.1 Å². The van der Waals surface area contributed by atoms with Crippen LogP contribution in [0.2, 0.25) is 0 Å². The second-order valence-electron chi connectivity index (χ2n) is 4.49. The molecule has 2 aromatic rings. The molecule has 0 atom stereocenters. The lowest BCUT2D eigenvalue weighted by atomic mass is 10.1.